The van der Waals surface area contributed by atoms with Gasteiger partial charge >= 0.3 is 0 Å². The van der Waals surface area contributed by atoms with E-state index in [0.717, 1.165) is 23.3 Å². The Morgan fingerprint density at radius 1 is 1.62 bits per heavy atom. The van der Waals surface area contributed by atoms with Crippen LogP contribution in [0.5, 0.6) is 0 Å². The number of imidazole rings is 1. The molecular weight excluding hydrogens is 184 g/mol. The maximum Gasteiger partial charge on any atom is 0.132 e. The summed E-state index contributed by atoms with van der Waals surface area (Å²) in [6.45, 7) is 5.30. The lowest BCUT2D eigenvalue weighted by molar-refractivity contribution is 0.626. The van der Waals surface area contributed by atoms with E-state index in [0.29, 0.717) is 5.92 Å². The van der Waals surface area contributed by atoms with Gasteiger partial charge in [-0.1, -0.05) is 25.4 Å². The molecule has 1 aromatic heterocycles. The van der Waals surface area contributed by atoms with Crippen molar-refractivity contribution in [3.8, 4) is 0 Å². The summed E-state index contributed by atoms with van der Waals surface area (Å²) in [7, 11) is 0. The first-order chi connectivity index (χ1) is 6.18. The minimum atomic E-state index is 0.424. The molecular formula is C10H15ClN2. The van der Waals surface area contributed by atoms with Gasteiger partial charge in [0.15, 0.2) is 0 Å². The van der Waals surface area contributed by atoms with Gasteiger partial charge in [0.2, 0.25) is 0 Å². The van der Waals surface area contributed by atoms with Gasteiger partial charge in [-0.2, -0.15) is 0 Å². The first-order valence-electron chi connectivity index (χ1n) is 4.89. The number of nitrogens with zero attached hydrogens (tertiary/aromatic N) is 2. The summed E-state index contributed by atoms with van der Waals surface area (Å²) >= 11 is 6.19. The van der Waals surface area contributed by atoms with Crippen molar-refractivity contribution in [2.75, 3.05) is 0 Å². The van der Waals surface area contributed by atoms with Crippen LogP contribution in [0.2, 0.25) is 5.15 Å². The standard InChI is InChI=1S/C10H15ClN2/c1-7(2)9-10(11)13(6-12-9)5-8-3-4-8/h6-8H,3-5H2,1-2H3. The van der Waals surface area contributed by atoms with Crippen LogP contribution >= 0.6 is 11.6 Å². The first-order valence-corrected chi connectivity index (χ1v) is 5.26. The van der Waals surface area contributed by atoms with E-state index in [4.69, 9.17) is 11.6 Å². The summed E-state index contributed by atoms with van der Waals surface area (Å²) in [4.78, 5) is 4.33. The van der Waals surface area contributed by atoms with Crippen LogP contribution < -0.4 is 0 Å². The fourth-order valence-electron chi connectivity index (χ4n) is 1.48. The largest absolute Gasteiger partial charge is 0.321 e. The van der Waals surface area contributed by atoms with Gasteiger partial charge in [0.25, 0.3) is 0 Å². The average Bonchev–Trinajstić information content (AvgIpc) is 2.78. The third-order valence-electron chi connectivity index (χ3n) is 2.50. The van der Waals surface area contributed by atoms with Crippen LogP contribution in [-0.2, 0) is 6.54 Å². The molecule has 0 aromatic carbocycles. The Hall–Kier alpha value is -0.500. The van der Waals surface area contributed by atoms with Crippen LogP contribution in [0.4, 0.5) is 0 Å². The zero-order valence-corrected chi connectivity index (χ0v) is 8.88. The zero-order valence-electron chi connectivity index (χ0n) is 8.13. The predicted octanol–water partition coefficient (Wildman–Crippen LogP) is 3.07. The second kappa shape index (κ2) is 3.33. The Labute approximate surface area is 83.9 Å². The van der Waals surface area contributed by atoms with Crippen molar-refractivity contribution in [2.45, 2.75) is 39.2 Å². The van der Waals surface area contributed by atoms with Crippen molar-refractivity contribution in [3.63, 3.8) is 0 Å². The minimum absolute atomic E-state index is 0.424. The summed E-state index contributed by atoms with van der Waals surface area (Å²) in [5.41, 5.74) is 1.03. The zero-order chi connectivity index (χ0) is 9.42. The fraction of sp³-hybridized carbons (Fsp3) is 0.700. The molecule has 0 amide bonds. The number of aromatic nitrogens is 2. The summed E-state index contributed by atoms with van der Waals surface area (Å²) in [6, 6.07) is 0. The number of hydrogen-bond acceptors (Lipinski definition) is 1. The van der Waals surface area contributed by atoms with Crippen molar-refractivity contribution in [3.05, 3.63) is 17.2 Å². The molecule has 13 heavy (non-hydrogen) atoms. The number of rotatable bonds is 3. The van der Waals surface area contributed by atoms with Crippen molar-refractivity contribution >= 4 is 11.6 Å². The Bertz CT molecular complexity index is 300. The molecule has 1 fully saturated rings. The highest BCUT2D eigenvalue weighted by atomic mass is 35.5. The lowest BCUT2D eigenvalue weighted by Gasteiger charge is -2.04. The van der Waals surface area contributed by atoms with Gasteiger partial charge < -0.3 is 4.57 Å². The van der Waals surface area contributed by atoms with Crippen molar-refractivity contribution < 1.29 is 0 Å². The quantitative estimate of drug-likeness (QED) is 0.730. The normalized spacial score (nSPS) is 16.9. The summed E-state index contributed by atoms with van der Waals surface area (Å²) in [6.07, 6.45) is 4.58. The predicted molar refractivity (Wildman–Crippen MR) is 54.1 cm³/mol. The molecule has 0 N–H and O–H groups in total. The van der Waals surface area contributed by atoms with Gasteiger partial charge in [-0.25, -0.2) is 4.98 Å². The Morgan fingerprint density at radius 2 is 2.31 bits per heavy atom. The summed E-state index contributed by atoms with van der Waals surface area (Å²) < 4.78 is 2.08. The average molecular weight is 199 g/mol. The number of halogens is 1. The topological polar surface area (TPSA) is 17.8 Å². The van der Waals surface area contributed by atoms with Gasteiger partial charge in [-0.05, 0) is 24.7 Å². The van der Waals surface area contributed by atoms with E-state index in [1.54, 1.807) is 0 Å². The molecule has 1 aliphatic carbocycles. The first kappa shape index (κ1) is 9.07. The maximum absolute atomic E-state index is 6.19. The van der Waals surface area contributed by atoms with Crippen molar-refractivity contribution in [1.29, 1.82) is 0 Å². The lowest BCUT2D eigenvalue weighted by atomic mass is 10.1. The van der Waals surface area contributed by atoms with Crippen LogP contribution in [0, 0.1) is 5.92 Å². The van der Waals surface area contributed by atoms with E-state index in [1.807, 2.05) is 6.33 Å². The van der Waals surface area contributed by atoms with Crippen LogP contribution in [0.25, 0.3) is 0 Å². The van der Waals surface area contributed by atoms with Crippen LogP contribution in [0.1, 0.15) is 38.3 Å². The molecule has 1 aliphatic rings. The molecule has 0 saturated heterocycles. The van der Waals surface area contributed by atoms with Gasteiger partial charge in [0.05, 0.1) is 12.0 Å². The maximum atomic E-state index is 6.19. The minimum Gasteiger partial charge on any atom is -0.321 e. The van der Waals surface area contributed by atoms with Crippen molar-refractivity contribution in [1.82, 2.24) is 9.55 Å². The molecule has 0 atom stereocenters. The van der Waals surface area contributed by atoms with Crippen molar-refractivity contribution in [2.24, 2.45) is 5.92 Å². The second-order valence-corrected chi connectivity index (χ2v) is 4.53. The summed E-state index contributed by atoms with van der Waals surface area (Å²) in [5.74, 6) is 1.28. The molecule has 1 aromatic rings. The van der Waals surface area contributed by atoms with Gasteiger partial charge in [-0.15, -0.1) is 0 Å². The van der Waals surface area contributed by atoms with Crippen LogP contribution in [-0.4, -0.2) is 9.55 Å². The third-order valence-corrected chi connectivity index (χ3v) is 2.91. The smallest absolute Gasteiger partial charge is 0.132 e. The van der Waals surface area contributed by atoms with E-state index in [1.165, 1.54) is 12.8 Å². The van der Waals surface area contributed by atoms with Gasteiger partial charge in [-0.3, -0.25) is 0 Å². The van der Waals surface area contributed by atoms with E-state index in [-0.39, 0.29) is 0 Å². The van der Waals surface area contributed by atoms with E-state index in [2.05, 4.69) is 23.4 Å². The molecule has 72 valence electrons. The molecule has 1 heterocycles. The molecule has 0 bridgehead atoms. The van der Waals surface area contributed by atoms with Crippen LogP contribution in [0.15, 0.2) is 6.33 Å². The second-order valence-electron chi connectivity index (χ2n) is 4.17. The highest BCUT2D eigenvalue weighted by Crippen LogP contribution is 2.32. The highest BCUT2D eigenvalue weighted by Gasteiger charge is 2.23. The van der Waals surface area contributed by atoms with E-state index in [9.17, 15) is 0 Å². The number of hydrogen-bond donors (Lipinski definition) is 0. The molecule has 2 rings (SSSR count). The van der Waals surface area contributed by atoms with E-state index < -0.39 is 0 Å². The molecule has 0 radical (unpaired) electrons. The van der Waals surface area contributed by atoms with Gasteiger partial charge in [0.1, 0.15) is 5.15 Å². The molecule has 0 aliphatic heterocycles. The molecule has 3 heteroatoms. The summed E-state index contributed by atoms with van der Waals surface area (Å²) in [5, 5.41) is 0.835. The van der Waals surface area contributed by atoms with E-state index >= 15 is 0 Å². The monoisotopic (exact) mass is 198 g/mol. The highest BCUT2D eigenvalue weighted by molar-refractivity contribution is 6.30. The molecule has 0 spiro atoms. The fourth-order valence-corrected chi connectivity index (χ4v) is 1.86. The van der Waals surface area contributed by atoms with Gasteiger partial charge in [0, 0.05) is 6.54 Å². The molecule has 0 unspecified atom stereocenters. The Kier molecular flexibility index (Phi) is 2.33. The Morgan fingerprint density at radius 3 is 2.77 bits per heavy atom. The van der Waals surface area contributed by atoms with Crippen LogP contribution in [0.3, 0.4) is 0 Å². The third kappa shape index (κ3) is 1.88. The lowest BCUT2D eigenvalue weighted by Crippen LogP contribution is -1.98. The molecule has 2 nitrogen and oxygen atoms in total. The Balaban J connectivity index is 2.16. The molecule has 1 saturated carbocycles. The SMILES string of the molecule is CC(C)c1ncn(CC2CC2)c1Cl.